The first-order valence-corrected chi connectivity index (χ1v) is 8.37. The normalized spacial score (nSPS) is 15.6. The summed E-state index contributed by atoms with van der Waals surface area (Å²) in [5.41, 5.74) is 1.10. The van der Waals surface area contributed by atoms with Crippen LogP contribution >= 0.6 is 23.2 Å². The van der Waals surface area contributed by atoms with Crippen molar-refractivity contribution in [2.45, 2.75) is 31.7 Å². The number of hydrogen-bond acceptors (Lipinski definition) is 2. The van der Waals surface area contributed by atoms with Crippen LogP contribution in [0.1, 0.15) is 24.8 Å². The second-order valence-electron chi connectivity index (χ2n) is 5.48. The highest BCUT2D eigenvalue weighted by molar-refractivity contribution is 6.30. The number of amides is 2. The molecule has 0 aliphatic carbocycles. The standard InChI is InChI=1S/C16H20Cl2N2O2/c17-11-16(22)20-9-7-14(8-10-20)19-15(21)6-3-12-1-4-13(18)5-2-12/h1-2,4-5,14H,3,6-11H2,(H,19,21). The number of aryl methyl sites for hydroxylation is 1. The van der Waals surface area contributed by atoms with Crippen LogP contribution in [-0.2, 0) is 16.0 Å². The third-order valence-corrected chi connectivity index (χ3v) is 4.36. The van der Waals surface area contributed by atoms with Crippen molar-refractivity contribution in [1.29, 1.82) is 0 Å². The molecule has 1 aliphatic heterocycles. The summed E-state index contributed by atoms with van der Waals surface area (Å²) in [7, 11) is 0. The molecule has 1 aromatic rings. The van der Waals surface area contributed by atoms with E-state index in [2.05, 4.69) is 5.32 Å². The van der Waals surface area contributed by atoms with Gasteiger partial charge < -0.3 is 10.2 Å². The van der Waals surface area contributed by atoms with Crippen LogP contribution in [-0.4, -0.2) is 41.7 Å². The Bertz CT molecular complexity index is 511. The van der Waals surface area contributed by atoms with Gasteiger partial charge >= 0.3 is 0 Å². The summed E-state index contributed by atoms with van der Waals surface area (Å²) in [6.45, 7) is 1.32. The summed E-state index contributed by atoms with van der Waals surface area (Å²) in [4.78, 5) is 25.2. The van der Waals surface area contributed by atoms with Gasteiger partial charge in [0.25, 0.3) is 0 Å². The van der Waals surface area contributed by atoms with E-state index >= 15 is 0 Å². The summed E-state index contributed by atoms with van der Waals surface area (Å²) in [6, 6.07) is 7.69. The maximum Gasteiger partial charge on any atom is 0.237 e. The van der Waals surface area contributed by atoms with E-state index in [1.54, 1.807) is 4.90 Å². The van der Waals surface area contributed by atoms with Crippen LogP contribution in [0.25, 0.3) is 0 Å². The van der Waals surface area contributed by atoms with Crippen molar-refractivity contribution in [2.75, 3.05) is 19.0 Å². The first-order valence-electron chi connectivity index (χ1n) is 7.46. The van der Waals surface area contributed by atoms with Gasteiger partial charge in [-0.05, 0) is 37.0 Å². The van der Waals surface area contributed by atoms with Crippen molar-refractivity contribution in [3.8, 4) is 0 Å². The first-order chi connectivity index (χ1) is 10.6. The molecule has 6 heteroatoms. The molecule has 1 heterocycles. The van der Waals surface area contributed by atoms with Gasteiger partial charge in [0.2, 0.25) is 11.8 Å². The van der Waals surface area contributed by atoms with Crippen molar-refractivity contribution in [2.24, 2.45) is 0 Å². The topological polar surface area (TPSA) is 49.4 Å². The number of alkyl halides is 1. The Morgan fingerprint density at radius 2 is 1.82 bits per heavy atom. The van der Waals surface area contributed by atoms with E-state index in [9.17, 15) is 9.59 Å². The van der Waals surface area contributed by atoms with Gasteiger partial charge in [-0.1, -0.05) is 23.7 Å². The molecule has 0 unspecified atom stereocenters. The van der Waals surface area contributed by atoms with Crippen molar-refractivity contribution in [3.63, 3.8) is 0 Å². The van der Waals surface area contributed by atoms with Gasteiger partial charge in [0, 0.05) is 30.6 Å². The summed E-state index contributed by atoms with van der Waals surface area (Å²) in [5, 5.41) is 3.74. The van der Waals surface area contributed by atoms with E-state index in [0.29, 0.717) is 31.0 Å². The molecular weight excluding hydrogens is 323 g/mol. The molecular formula is C16H20Cl2N2O2. The van der Waals surface area contributed by atoms with E-state index in [1.807, 2.05) is 24.3 Å². The SMILES string of the molecule is O=C(CCc1ccc(Cl)cc1)NC1CCN(C(=O)CCl)CC1. The largest absolute Gasteiger partial charge is 0.353 e. The number of piperidine rings is 1. The number of carbonyl (C=O) groups excluding carboxylic acids is 2. The number of nitrogens with one attached hydrogen (secondary N) is 1. The zero-order valence-electron chi connectivity index (χ0n) is 12.4. The Hall–Kier alpha value is -1.26. The van der Waals surface area contributed by atoms with Crippen LogP contribution in [0.2, 0.25) is 5.02 Å². The van der Waals surface area contributed by atoms with E-state index in [-0.39, 0.29) is 23.7 Å². The van der Waals surface area contributed by atoms with Crippen LogP contribution in [0.15, 0.2) is 24.3 Å². The predicted octanol–water partition coefficient (Wildman–Crippen LogP) is 2.62. The smallest absolute Gasteiger partial charge is 0.237 e. The van der Waals surface area contributed by atoms with Gasteiger partial charge in [0.05, 0.1) is 0 Å². The third kappa shape index (κ3) is 5.18. The Balaban J connectivity index is 1.69. The van der Waals surface area contributed by atoms with E-state index in [0.717, 1.165) is 18.4 Å². The lowest BCUT2D eigenvalue weighted by Gasteiger charge is -2.32. The van der Waals surface area contributed by atoms with Gasteiger partial charge in [-0.3, -0.25) is 9.59 Å². The minimum Gasteiger partial charge on any atom is -0.353 e. The minimum atomic E-state index is -0.0332. The molecule has 22 heavy (non-hydrogen) atoms. The fourth-order valence-electron chi connectivity index (χ4n) is 2.57. The molecule has 2 rings (SSSR count). The number of carbonyl (C=O) groups is 2. The molecule has 0 saturated carbocycles. The Morgan fingerprint density at radius 3 is 2.41 bits per heavy atom. The molecule has 0 atom stereocenters. The van der Waals surface area contributed by atoms with Gasteiger partial charge in [0.15, 0.2) is 0 Å². The van der Waals surface area contributed by atoms with Gasteiger partial charge in [0.1, 0.15) is 5.88 Å². The highest BCUT2D eigenvalue weighted by Crippen LogP contribution is 2.13. The maximum atomic E-state index is 12.0. The quantitative estimate of drug-likeness (QED) is 0.836. The Morgan fingerprint density at radius 1 is 1.18 bits per heavy atom. The zero-order chi connectivity index (χ0) is 15.9. The number of hydrogen-bond donors (Lipinski definition) is 1. The number of likely N-dealkylation sites (tertiary alicyclic amines) is 1. The molecule has 1 saturated heterocycles. The number of nitrogens with zero attached hydrogens (tertiary/aromatic N) is 1. The maximum absolute atomic E-state index is 12.0. The molecule has 0 radical (unpaired) electrons. The Labute approximate surface area is 140 Å². The van der Waals surface area contributed by atoms with Gasteiger partial charge in [-0.15, -0.1) is 11.6 Å². The second kappa shape index (κ2) is 8.39. The molecule has 4 nitrogen and oxygen atoms in total. The average molecular weight is 343 g/mol. The van der Waals surface area contributed by atoms with Gasteiger partial charge in [-0.25, -0.2) is 0 Å². The lowest BCUT2D eigenvalue weighted by Crippen LogP contribution is -2.46. The van der Waals surface area contributed by atoms with Crippen LogP contribution in [0, 0.1) is 0 Å². The van der Waals surface area contributed by atoms with Crippen LogP contribution in [0.5, 0.6) is 0 Å². The summed E-state index contributed by atoms with van der Waals surface area (Å²) < 4.78 is 0. The number of rotatable bonds is 5. The fourth-order valence-corrected chi connectivity index (χ4v) is 2.86. The number of benzene rings is 1. The fraction of sp³-hybridized carbons (Fsp3) is 0.500. The zero-order valence-corrected chi connectivity index (χ0v) is 13.9. The number of halogens is 2. The predicted molar refractivity (Wildman–Crippen MR) is 88.2 cm³/mol. The molecule has 0 aromatic heterocycles. The highest BCUT2D eigenvalue weighted by atomic mass is 35.5. The molecule has 1 aliphatic rings. The average Bonchev–Trinajstić information content (AvgIpc) is 2.54. The van der Waals surface area contributed by atoms with E-state index in [4.69, 9.17) is 23.2 Å². The summed E-state index contributed by atoms with van der Waals surface area (Å²) >= 11 is 11.4. The Kier molecular flexibility index (Phi) is 6.52. The van der Waals surface area contributed by atoms with E-state index in [1.165, 1.54) is 0 Å². The third-order valence-electron chi connectivity index (χ3n) is 3.88. The molecule has 0 spiro atoms. The van der Waals surface area contributed by atoms with Crippen molar-refractivity contribution >= 4 is 35.0 Å². The van der Waals surface area contributed by atoms with Crippen LogP contribution in [0.4, 0.5) is 0 Å². The van der Waals surface area contributed by atoms with Crippen molar-refractivity contribution in [3.05, 3.63) is 34.9 Å². The monoisotopic (exact) mass is 342 g/mol. The van der Waals surface area contributed by atoms with E-state index < -0.39 is 0 Å². The highest BCUT2D eigenvalue weighted by Gasteiger charge is 2.23. The van der Waals surface area contributed by atoms with Crippen LogP contribution in [0.3, 0.4) is 0 Å². The molecule has 0 bridgehead atoms. The first kappa shape index (κ1) is 17.1. The van der Waals surface area contributed by atoms with Crippen molar-refractivity contribution in [1.82, 2.24) is 10.2 Å². The minimum absolute atomic E-state index is 0.0259. The molecule has 1 aromatic carbocycles. The van der Waals surface area contributed by atoms with Gasteiger partial charge in [-0.2, -0.15) is 0 Å². The second-order valence-corrected chi connectivity index (χ2v) is 6.19. The molecule has 1 fully saturated rings. The lowest BCUT2D eigenvalue weighted by molar-refractivity contribution is -0.129. The summed E-state index contributed by atoms with van der Waals surface area (Å²) in [6.07, 6.45) is 2.74. The molecule has 120 valence electrons. The molecule has 1 N–H and O–H groups in total. The lowest BCUT2D eigenvalue weighted by atomic mass is 10.0. The van der Waals surface area contributed by atoms with Crippen molar-refractivity contribution < 1.29 is 9.59 Å². The molecule has 2 amide bonds. The summed E-state index contributed by atoms with van der Waals surface area (Å²) in [5.74, 6) is 0.0456. The van der Waals surface area contributed by atoms with Crippen LogP contribution < -0.4 is 5.32 Å².